The molecule has 2 aliphatic carbocycles. The van der Waals surface area contributed by atoms with Crippen molar-refractivity contribution in [1.29, 1.82) is 0 Å². The van der Waals surface area contributed by atoms with Crippen molar-refractivity contribution in [3.05, 3.63) is 22.9 Å². The Balaban J connectivity index is 1.56. The minimum atomic E-state index is -0.653. The van der Waals surface area contributed by atoms with Crippen molar-refractivity contribution in [3.8, 4) is 0 Å². The molecule has 1 aromatic heterocycles. The third-order valence-electron chi connectivity index (χ3n) is 5.15. The van der Waals surface area contributed by atoms with Gasteiger partial charge < -0.3 is 5.32 Å². The number of nitrogens with one attached hydrogen (secondary N) is 1. The molecule has 0 atom stereocenters. The van der Waals surface area contributed by atoms with Gasteiger partial charge in [-0.2, -0.15) is 0 Å². The predicted octanol–water partition coefficient (Wildman–Crippen LogP) is 2.85. The van der Waals surface area contributed by atoms with Crippen LogP contribution in [0, 0.1) is 11.8 Å². The van der Waals surface area contributed by atoms with E-state index in [0.29, 0.717) is 11.6 Å². The highest BCUT2D eigenvalue weighted by atomic mass is 79.9. The summed E-state index contributed by atoms with van der Waals surface area (Å²) in [7, 11) is 0. The summed E-state index contributed by atoms with van der Waals surface area (Å²) in [5.41, 5.74) is -0.129. The molecule has 5 nitrogen and oxygen atoms in total. The van der Waals surface area contributed by atoms with E-state index in [9.17, 15) is 9.59 Å². The summed E-state index contributed by atoms with van der Waals surface area (Å²) in [6, 6.07) is 1.41. The summed E-state index contributed by atoms with van der Waals surface area (Å²) in [4.78, 5) is 30.2. The number of halogens is 1. The number of carbonyl (C=O) groups is 2. The van der Waals surface area contributed by atoms with Gasteiger partial charge in [-0.3, -0.25) is 9.78 Å². The maximum absolute atomic E-state index is 12.7. The molecular formula is C15H16BrN3O2. The first-order chi connectivity index (χ1) is 10.1. The maximum atomic E-state index is 12.7. The van der Waals surface area contributed by atoms with Gasteiger partial charge >= 0.3 is 6.03 Å². The van der Waals surface area contributed by atoms with Crippen molar-refractivity contribution in [2.75, 3.05) is 4.90 Å². The quantitative estimate of drug-likeness (QED) is 0.835. The Labute approximate surface area is 131 Å². The first-order valence-corrected chi connectivity index (χ1v) is 8.16. The van der Waals surface area contributed by atoms with Gasteiger partial charge in [0.2, 0.25) is 0 Å². The molecule has 0 bridgehead atoms. The third kappa shape index (κ3) is 1.92. The van der Waals surface area contributed by atoms with Gasteiger partial charge in [-0.05, 0) is 46.7 Å². The van der Waals surface area contributed by atoms with Gasteiger partial charge in [0.15, 0.2) is 0 Å². The van der Waals surface area contributed by atoms with Crippen LogP contribution in [0.15, 0.2) is 22.9 Å². The van der Waals surface area contributed by atoms with E-state index in [1.54, 1.807) is 18.5 Å². The summed E-state index contributed by atoms with van der Waals surface area (Å²) in [6.07, 6.45) is 8.63. The molecule has 1 aliphatic heterocycles. The van der Waals surface area contributed by atoms with E-state index in [0.717, 1.165) is 23.2 Å². The molecule has 2 saturated carbocycles. The van der Waals surface area contributed by atoms with Crippen molar-refractivity contribution in [2.24, 2.45) is 11.8 Å². The van der Waals surface area contributed by atoms with Crippen molar-refractivity contribution < 1.29 is 9.59 Å². The Hall–Kier alpha value is -1.43. The number of hydrogen-bond acceptors (Lipinski definition) is 3. The average molecular weight is 350 g/mol. The fourth-order valence-corrected chi connectivity index (χ4v) is 4.09. The van der Waals surface area contributed by atoms with Crippen LogP contribution in [0.4, 0.5) is 10.5 Å². The van der Waals surface area contributed by atoms with Crippen LogP contribution in [0.25, 0.3) is 0 Å². The van der Waals surface area contributed by atoms with Crippen LogP contribution in [0.2, 0.25) is 0 Å². The zero-order valence-corrected chi connectivity index (χ0v) is 13.1. The largest absolute Gasteiger partial charge is 0.329 e. The number of imide groups is 1. The molecule has 1 N–H and O–H groups in total. The lowest BCUT2D eigenvalue weighted by Crippen LogP contribution is -2.59. The average Bonchev–Trinajstić information content (AvgIpc) is 2.59. The summed E-state index contributed by atoms with van der Waals surface area (Å²) in [6.45, 7) is 0. The van der Waals surface area contributed by atoms with E-state index < -0.39 is 5.54 Å². The number of aromatic nitrogens is 1. The number of hydrogen-bond donors (Lipinski definition) is 1. The second-order valence-electron chi connectivity index (χ2n) is 6.37. The Kier molecular flexibility index (Phi) is 2.86. The van der Waals surface area contributed by atoms with Crippen LogP contribution in [0.5, 0.6) is 0 Å². The van der Waals surface area contributed by atoms with Gasteiger partial charge in [-0.15, -0.1) is 0 Å². The second kappa shape index (κ2) is 4.53. The molecule has 21 heavy (non-hydrogen) atoms. The number of carbonyl (C=O) groups excluding carboxylic acids is 2. The zero-order valence-electron chi connectivity index (χ0n) is 11.5. The molecule has 0 radical (unpaired) electrons. The summed E-state index contributed by atoms with van der Waals surface area (Å²) >= 11 is 3.32. The van der Waals surface area contributed by atoms with E-state index in [2.05, 4.69) is 26.2 Å². The molecule has 1 aromatic rings. The number of nitrogens with zero attached hydrogens (tertiary/aromatic N) is 2. The first-order valence-electron chi connectivity index (χ1n) is 7.36. The van der Waals surface area contributed by atoms with Crippen molar-refractivity contribution in [2.45, 2.75) is 37.6 Å². The number of rotatable bonds is 2. The summed E-state index contributed by atoms with van der Waals surface area (Å²) < 4.78 is 0.752. The van der Waals surface area contributed by atoms with E-state index in [4.69, 9.17) is 0 Å². The van der Waals surface area contributed by atoms with E-state index in [1.165, 1.54) is 24.2 Å². The molecule has 1 saturated heterocycles. The van der Waals surface area contributed by atoms with Crippen molar-refractivity contribution in [3.63, 3.8) is 0 Å². The fraction of sp³-hybridized carbons (Fsp3) is 0.533. The lowest BCUT2D eigenvalue weighted by atomic mass is 9.58. The lowest BCUT2D eigenvalue weighted by molar-refractivity contribution is -0.128. The zero-order chi connectivity index (χ0) is 14.6. The minimum absolute atomic E-state index is 0.122. The highest BCUT2D eigenvalue weighted by molar-refractivity contribution is 9.10. The normalized spacial score (nSPS) is 32.0. The van der Waals surface area contributed by atoms with Gasteiger partial charge in [0.05, 0.1) is 11.9 Å². The van der Waals surface area contributed by atoms with E-state index in [-0.39, 0.29) is 11.9 Å². The Morgan fingerprint density at radius 2 is 2.00 bits per heavy atom. The van der Waals surface area contributed by atoms with Crippen molar-refractivity contribution in [1.82, 2.24) is 10.3 Å². The van der Waals surface area contributed by atoms with E-state index >= 15 is 0 Å². The molecule has 4 rings (SSSR count). The van der Waals surface area contributed by atoms with Crippen molar-refractivity contribution >= 4 is 33.6 Å². The SMILES string of the molecule is O=C1NC2(CC(C3CCC3)C2)C(=O)N1c1cncc(Br)c1. The second-order valence-corrected chi connectivity index (χ2v) is 7.29. The van der Waals surface area contributed by atoms with Crippen LogP contribution in [0.1, 0.15) is 32.1 Å². The van der Waals surface area contributed by atoms with Crippen LogP contribution < -0.4 is 10.2 Å². The minimum Gasteiger partial charge on any atom is -0.323 e. The number of amides is 3. The Bertz CT molecular complexity index is 623. The van der Waals surface area contributed by atoms with E-state index in [1.807, 2.05) is 0 Å². The topological polar surface area (TPSA) is 62.3 Å². The third-order valence-corrected chi connectivity index (χ3v) is 5.58. The number of anilines is 1. The molecule has 110 valence electrons. The Morgan fingerprint density at radius 3 is 2.62 bits per heavy atom. The van der Waals surface area contributed by atoms with Gasteiger partial charge in [0.25, 0.3) is 5.91 Å². The molecule has 3 fully saturated rings. The lowest BCUT2D eigenvalue weighted by Gasteiger charge is -2.49. The molecule has 0 aromatic carbocycles. The van der Waals surface area contributed by atoms with Crippen LogP contribution in [0.3, 0.4) is 0 Å². The van der Waals surface area contributed by atoms with Crippen LogP contribution >= 0.6 is 15.9 Å². The summed E-state index contributed by atoms with van der Waals surface area (Å²) in [5.74, 6) is 1.24. The standard InChI is InChI=1S/C15H16BrN3O2/c16-11-4-12(8-17-7-11)19-13(20)15(18-14(19)21)5-10(6-15)9-2-1-3-9/h4,7-10H,1-3,5-6H2,(H,18,21). The number of pyridine rings is 1. The smallest absolute Gasteiger partial charge is 0.323 e. The van der Waals surface area contributed by atoms with Gasteiger partial charge in [-0.1, -0.05) is 19.3 Å². The van der Waals surface area contributed by atoms with Gasteiger partial charge in [0.1, 0.15) is 5.54 Å². The fourth-order valence-electron chi connectivity index (χ4n) is 3.73. The maximum Gasteiger partial charge on any atom is 0.329 e. The predicted molar refractivity (Wildman–Crippen MR) is 80.8 cm³/mol. The van der Waals surface area contributed by atoms with Gasteiger partial charge in [0, 0.05) is 10.7 Å². The highest BCUT2D eigenvalue weighted by Gasteiger charge is 2.60. The molecular weight excluding hydrogens is 334 g/mol. The molecule has 3 aliphatic rings. The van der Waals surface area contributed by atoms with Crippen LogP contribution in [-0.2, 0) is 4.79 Å². The first kappa shape index (κ1) is 13.2. The Morgan fingerprint density at radius 1 is 1.24 bits per heavy atom. The van der Waals surface area contributed by atoms with Crippen LogP contribution in [-0.4, -0.2) is 22.5 Å². The molecule has 6 heteroatoms. The molecule has 3 amide bonds. The molecule has 2 heterocycles. The molecule has 1 spiro atoms. The molecule has 0 unspecified atom stereocenters. The monoisotopic (exact) mass is 349 g/mol. The summed E-state index contributed by atoms with van der Waals surface area (Å²) in [5, 5.41) is 2.91. The number of urea groups is 1. The van der Waals surface area contributed by atoms with Gasteiger partial charge in [-0.25, -0.2) is 9.69 Å². The highest BCUT2D eigenvalue weighted by Crippen LogP contribution is 2.51.